The molecule has 0 fully saturated rings. The molecule has 0 aromatic carbocycles. The fourth-order valence-electron chi connectivity index (χ4n) is 1.02. The summed E-state index contributed by atoms with van der Waals surface area (Å²) >= 11 is 0. The van der Waals surface area contributed by atoms with Gasteiger partial charge in [-0.2, -0.15) is 4.98 Å². The van der Waals surface area contributed by atoms with E-state index in [2.05, 4.69) is 15.3 Å². The van der Waals surface area contributed by atoms with Crippen molar-refractivity contribution in [1.29, 1.82) is 0 Å². The third kappa shape index (κ3) is 2.85. The van der Waals surface area contributed by atoms with Gasteiger partial charge in [0.25, 0.3) is 0 Å². The summed E-state index contributed by atoms with van der Waals surface area (Å²) in [6.45, 7) is 2.89. The molecule has 0 bridgehead atoms. The summed E-state index contributed by atoms with van der Waals surface area (Å²) in [7, 11) is 3.41. The summed E-state index contributed by atoms with van der Waals surface area (Å²) < 4.78 is 10.2. The third-order valence-corrected chi connectivity index (χ3v) is 1.57. The van der Waals surface area contributed by atoms with E-state index >= 15 is 0 Å². The Balaban J connectivity index is 2.88. The molecule has 5 nitrogen and oxygen atoms in total. The van der Waals surface area contributed by atoms with E-state index in [4.69, 9.17) is 9.47 Å². The molecule has 0 amide bonds. The molecule has 0 atom stereocenters. The number of ether oxygens (including phenoxy) is 2. The van der Waals surface area contributed by atoms with Gasteiger partial charge in [0.1, 0.15) is 12.4 Å². The molecule has 5 heteroatoms. The Morgan fingerprint density at radius 2 is 2.21 bits per heavy atom. The van der Waals surface area contributed by atoms with Crippen molar-refractivity contribution in [2.45, 2.75) is 13.5 Å². The molecule has 0 saturated heterocycles. The molecular formula is C9H15N3O2. The molecule has 1 heterocycles. The second-order valence-corrected chi connectivity index (χ2v) is 2.62. The van der Waals surface area contributed by atoms with Gasteiger partial charge in [-0.1, -0.05) is 0 Å². The quantitative estimate of drug-likeness (QED) is 0.765. The van der Waals surface area contributed by atoms with E-state index in [-0.39, 0.29) is 0 Å². The summed E-state index contributed by atoms with van der Waals surface area (Å²) in [6.07, 6.45) is 0. The second kappa shape index (κ2) is 5.39. The normalized spacial score (nSPS) is 9.93. The maximum absolute atomic E-state index is 5.29. The van der Waals surface area contributed by atoms with Gasteiger partial charge in [-0.25, -0.2) is 4.98 Å². The average molecular weight is 197 g/mol. The minimum absolute atomic E-state index is 0.385. The van der Waals surface area contributed by atoms with Gasteiger partial charge >= 0.3 is 0 Å². The van der Waals surface area contributed by atoms with Crippen molar-refractivity contribution >= 4 is 5.82 Å². The highest BCUT2D eigenvalue weighted by atomic mass is 16.5. The zero-order chi connectivity index (χ0) is 10.4. The second-order valence-electron chi connectivity index (χ2n) is 2.62. The number of methoxy groups -OCH3 is 1. The monoisotopic (exact) mass is 197 g/mol. The molecule has 0 aliphatic rings. The minimum Gasteiger partial charge on any atom is -0.478 e. The Labute approximate surface area is 83.5 Å². The van der Waals surface area contributed by atoms with Crippen molar-refractivity contribution in [3.8, 4) is 5.88 Å². The molecular weight excluding hydrogens is 182 g/mol. The van der Waals surface area contributed by atoms with Crippen LogP contribution in [0.5, 0.6) is 5.88 Å². The van der Waals surface area contributed by atoms with E-state index < -0.39 is 0 Å². The van der Waals surface area contributed by atoms with Gasteiger partial charge in [0.05, 0.1) is 6.61 Å². The van der Waals surface area contributed by atoms with Crippen molar-refractivity contribution in [2.24, 2.45) is 0 Å². The SMILES string of the molecule is CCOc1cc(NC)nc(COC)n1. The number of hydrogen-bond donors (Lipinski definition) is 1. The van der Waals surface area contributed by atoms with Gasteiger partial charge in [0.15, 0.2) is 5.82 Å². The third-order valence-electron chi connectivity index (χ3n) is 1.57. The number of hydrogen-bond acceptors (Lipinski definition) is 5. The lowest BCUT2D eigenvalue weighted by atomic mass is 10.5. The van der Waals surface area contributed by atoms with Crippen molar-refractivity contribution in [2.75, 3.05) is 26.1 Å². The Morgan fingerprint density at radius 1 is 1.43 bits per heavy atom. The predicted octanol–water partition coefficient (Wildman–Crippen LogP) is 1.06. The topological polar surface area (TPSA) is 56.3 Å². The highest BCUT2D eigenvalue weighted by Gasteiger charge is 2.03. The van der Waals surface area contributed by atoms with Crippen LogP contribution in [0.4, 0.5) is 5.82 Å². The largest absolute Gasteiger partial charge is 0.478 e. The van der Waals surface area contributed by atoms with Crippen molar-refractivity contribution < 1.29 is 9.47 Å². The summed E-state index contributed by atoms with van der Waals surface area (Å²) in [5.74, 6) is 1.91. The van der Waals surface area contributed by atoms with Crippen LogP contribution >= 0.6 is 0 Å². The smallest absolute Gasteiger partial charge is 0.218 e. The van der Waals surface area contributed by atoms with E-state index in [1.54, 1.807) is 20.2 Å². The van der Waals surface area contributed by atoms with Crippen molar-refractivity contribution in [3.63, 3.8) is 0 Å². The maximum Gasteiger partial charge on any atom is 0.218 e. The lowest BCUT2D eigenvalue weighted by Gasteiger charge is -2.07. The van der Waals surface area contributed by atoms with Crippen LogP contribution in [0.15, 0.2) is 6.07 Å². The van der Waals surface area contributed by atoms with E-state index in [0.717, 1.165) is 5.82 Å². The standard InChI is InChI=1S/C9H15N3O2/c1-4-14-9-5-7(10-2)11-8(12-9)6-13-3/h5H,4,6H2,1-3H3,(H,10,11,12). The number of nitrogens with one attached hydrogen (secondary N) is 1. The Morgan fingerprint density at radius 3 is 2.79 bits per heavy atom. The highest BCUT2D eigenvalue weighted by Crippen LogP contribution is 2.13. The van der Waals surface area contributed by atoms with Crippen LogP contribution in [-0.2, 0) is 11.3 Å². The summed E-state index contributed by atoms with van der Waals surface area (Å²) in [5, 5.41) is 2.94. The van der Waals surface area contributed by atoms with E-state index in [9.17, 15) is 0 Å². The average Bonchev–Trinajstić information content (AvgIpc) is 2.18. The van der Waals surface area contributed by atoms with Crippen LogP contribution in [0.2, 0.25) is 0 Å². The molecule has 1 aromatic heterocycles. The minimum atomic E-state index is 0.385. The van der Waals surface area contributed by atoms with Crippen LogP contribution in [-0.4, -0.2) is 30.7 Å². The molecule has 78 valence electrons. The first-order valence-electron chi connectivity index (χ1n) is 4.47. The number of nitrogens with zero attached hydrogens (tertiary/aromatic N) is 2. The molecule has 1 rings (SSSR count). The first-order valence-corrected chi connectivity index (χ1v) is 4.47. The van der Waals surface area contributed by atoms with Crippen LogP contribution in [0.25, 0.3) is 0 Å². The van der Waals surface area contributed by atoms with Crippen molar-refractivity contribution in [1.82, 2.24) is 9.97 Å². The molecule has 0 spiro atoms. The first-order chi connectivity index (χ1) is 6.80. The van der Waals surface area contributed by atoms with Gasteiger partial charge in [-0.3, -0.25) is 0 Å². The number of aromatic nitrogens is 2. The highest BCUT2D eigenvalue weighted by molar-refractivity contribution is 5.37. The number of anilines is 1. The van der Waals surface area contributed by atoms with Gasteiger partial charge in [-0.05, 0) is 6.92 Å². The van der Waals surface area contributed by atoms with Crippen LogP contribution < -0.4 is 10.1 Å². The summed E-state index contributed by atoms with van der Waals surface area (Å²) in [6, 6.07) is 1.75. The van der Waals surface area contributed by atoms with Gasteiger partial charge in [-0.15, -0.1) is 0 Å². The molecule has 0 unspecified atom stereocenters. The Kier molecular flexibility index (Phi) is 4.12. The van der Waals surface area contributed by atoms with Crippen LogP contribution in [0.3, 0.4) is 0 Å². The fourth-order valence-corrected chi connectivity index (χ4v) is 1.02. The first kappa shape index (κ1) is 10.7. The molecule has 0 aliphatic carbocycles. The molecule has 1 N–H and O–H groups in total. The molecule has 14 heavy (non-hydrogen) atoms. The molecule has 0 saturated carbocycles. The van der Waals surface area contributed by atoms with E-state index in [1.807, 2.05) is 6.92 Å². The molecule has 0 aliphatic heterocycles. The van der Waals surface area contributed by atoms with Crippen molar-refractivity contribution in [3.05, 3.63) is 11.9 Å². The summed E-state index contributed by atoms with van der Waals surface area (Å²) in [4.78, 5) is 8.36. The fraction of sp³-hybridized carbons (Fsp3) is 0.556. The summed E-state index contributed by atoms with van der Waals surface area (Å²) in [5.41, 5.74) is 0. The van der Waals surface area contributed by atoms with Crippen LogP contribution in [0, 0.1) is 0 Å². The van der Waals surface area contributed by atoms with Gasteiger partial charge in [0, 0.05) is 20.2 Å². The van der Waals surface area contributed by atoms with E-state index in [0.29, 0.717) is 24.9 Å². The Hall–Kier alpha value is -1.36. The lowest BCUT2D eigenvalue weighted by molar-refractivity contribution is 0.176. The Bertz CT molecular complexity index is 267. The zero-order valence-electron chi connectivity index (χ0n) is 8.70. The van der Waals surface area contributed by atoms with Crippen LogP contribution in [0.1, 0.15) is 12.7 Å². The van der Waals surface area contributed by atoms with Gasteiger partial charge < -0.3 is 14.8 Å². The molecule has 0 radical (unpaired) electrons. The molecule has 1 aromatic rings. The van der Waals surface area contributed by atoms with E-state index in [1.165, 1.54) is 0 Å². The maximum atomic E-state index is 5.29. The zero-order valence-corrected chi connectivity index (χ0v) is 8.70. The van der Waals surface area contributed by atoms with Gasteiger partial charge in [0.2, 0.25) is 5.88 Å². The number of rotatable bonds is 5. The predicted molar refractivity (Wildman–Crippen MR) is 53.5 cm³/mol. The lowest BCUT2D eigenvalue weighted by Crippen LogP contribution is -2.04.